The van der Waals surface area contributed by atoms with Gasteiger partial charge in [-0.15, -0.1) is 0 Å². The van der Waals surface area contributed by atoms with Crippen LogP contribution in [0.15, 0.2) is 72.8 Å². The molecule has 0 bridgehead atoms. The van der Waals surface area contributed by atoms with Gasteiger partial charge in [0.2, 0.25) is 0 Å². The Bertz CT molecular complexity index is 3060. The van der Waals surface area contributed by atoms with E-state index in [9.17, 15) is 60.3 Å². The number of hydrogen-bond acceptors (Lipinski definition) is 33. The summed E-state index contributed by atoms with van der Waals surface area (Å²) in [5.41, 5.74) is -3.19. The Morgan fingerprint density at radius 3 is 0.620 bits per heavy atom. The average Bonchev–Trinajstić information content (AvgIpc) is 0.846. The second-order valence-electron chi connectivity index (χ2n) is 32.8. The molecule has 750 valence electrons. The molecule has 9 N–H and O–H groups in total. The highest BCUT2D eigenvalue weighted by atomic mass is 28.4. The van der Waals surface area contributed by atoms with Crippen LogP contribution in [0.5, 0.6) is 17.2 Å². The van der Waals surface area contributed by atoms with E-state index < -0.39 is 79.8 Å². The molecule has 0 radical (unpaired) electrons. The van der Waals surface area contributed by atoms with Gasteiger partial charge < -0.3 is 128 Å². The molecule has 6 unspecified atom stereocenters. The molecule has 0 amide bonds. The Hall–Kier alpha value is -4.36. The first-order valence-electron chi connectivity index (χ1n) is 47.0. The number of rotatable bonds is 81. The highest BCUT2D eigenvalue weighted by molar-refractivity contribution is 6.61. The summed E-state index contributed by atoms with van der Waals surface area (Å²) >= 11 is 0. The lowest BCUT2D eigenvalue weighted by Crippen LogP contribution is -2.47. The van der Waals surface area contributed by atoms with Gasteiger partial charge in [-0.3, -0.25) is 29.1 Å². The number of ketones is 3. The summed E-state index contributed by atoms with van der Waals surface area (Å²) in [6.45, 7) is 45.2. The lowest BCUT2D eigenvalue weighted by Gasteiger charge is -2.31. The highest BCUT2D eigenvalue weighted by Gasteiger charge is 2.43. The Labute approximate surface area is 775 Å². The first-order chi connectivity index (χ1) is 61.5. The normalized spacial score (nSPS) is 13.8. The zero-order chi connectivity index (χ0) is 96.4. The molecule has 0 spiro atoms. The zero-order valence-corrected chi connectivity index (χ0v) is 84.7. The number of Topliss-reactive ketones (excluding diaryl/α,β-unsaturated/α-hetero) is 3. The number of aliphatic hydroxyl groups excluding tert-OH is 6. The summed E-state index contributed by atoms with van der Waals surface area (Å²) < 4.78 is 105. The van der Waals surface area contributed by atoms with Gasteiger partial charge in [0, 0.05) is 153 Å². The van der Waals surface area contributed by atoms with Gasteiger partial charge in [0.25, 0.3) is 0 Å². The van der Waals surface area contributed by atoms with E-state index in [1.807, 2.05) is 72.1 Å². The Balaban J connectivity index is 0.00000100. The molecule has 0 aliphatic heterocycles. The lowest BCUT2D eigenvalue weighted by atomic mass is 9.97. The topological polar surface area (TPSA) is 409 Å². The van der Waals surface area contributed by atoms with Gasteiger partial charge in [-0.2, -0.15) is 0 Å². The fraction of sp³-hybridized carbons (Fsp3) is 0.774. The molecule has 0 heterocycles. The first-order valence-corrected chi connectivity index (χ1v) is 52.8. The molecule has 0 fully saturated rings. The third kappa shape index (κ3) is 57.3. The van der Waals surface area contributed by atoms with Crippen molar-refractivity contribution in [2.75, 3.05) is 217 Å². The van der Waals surface area contributed by atoms with Crippen LogP contribution in [0.25, 0.3) is 0 Å². The van der Waals surface area contributed by atoms with E-state index in [4.69, 9.17) is 82.5 Å². The second-order valence-corrected chi connectivity index (χ2v) is 40.9. The molecule has 0 aromatic heterocycles. The van der Waals surface area contributed by atoms with Crippen LogP contribution in [-0.4, -0.2) is 375 Å². The smallest absolute Gasteiger partial charge is 0.491 e. The maximum Gasteiger partial charge on any atom is 0.500 e. The number of ether oxygens (including phenoxy) is 9. The summed E-state index contributed by atoms with van der Waals surface area (Å²) in [5.74, 6) is 0.536. The molecule has 129 heavy (non-hydrogen) atoms. The molecule has 0 aliphatic rings. The third-order valence-corrected chi connectivity index (χ3v) is 28.7. The predicted octanol–water partition coefficient (Wildman–Crippen LogP) is 9.94. The predicted molar refractivity (Wildman–Crippen MR) is 503 cm³/mol. The van der Waals surface area contributed by atoms with Crippen LogP contribution < -0.4 is 14.2 Å². The van der Waals surface area contributed by atoms with E-state index in [0.29, 0.717) is 197 Å². The summed E-state index contributed by atoms with van der Waals surface area (Å²) in [7, 11) is -8.37. The van der Waals surface area contributed by atoms with E-state index in [1.165, 1.54) is 41.5 Å². The fourth-order valence-corrected chi connectivity index (χ4v) is 21.1. The molecule has 3 rings (SSSR count). The molecule has 3 aromatic carbocycles. The van der Waals surface area contributed by atoms with E-state index >= 15 is 0 Å². The molecular formula is C93H171N3O30Si3. The van der Waals surface area contributed by atoms with Crippen molar-refractivity contribution in [1.82, 2.24) is 14.7 Å². The number of carbonyl (C=O) groups is 3. The van der Waals surface area contributed by atoms with Crippen molar-refractivity contribution >= 4 is 43.8 Å². The maximum absolute atomic E-state index is 12.2. The molecule has 33 nitrogen and oxygen atoms in total. The Morgan fingerprint density at radius 2 is 0.457 bits per heavy atom. The van der Waals surface area contributed by atoms with Crippen LogP contribution in [0, 0.1) is 0 Å². The molecule has 6 atom stereocenters. The van der Waals surface area contributed by atoms with Crippen LogP contribution in [0.3, 0.4) is 0 Å². The van der Waals surface area contributed by atoms with Crippen molar-refractivity contribution < 1.29 is 143 Å². The van der Waals surface area contributed by atoms with E-state index in [2.05, 4.69) is 25.7 Å². The standard InChI is InChI=1S/C39H63NO13Si.C31H57NO10Si.C23H51NO7Si/c1-8-51-54(52-9-2,53-10-3)25-11-20-40(26-32(41)28-47-21-23-49-34-16-12-30(13-17-34)36(43)38(4,5)45)27-33(42)29-48-22-24-50-35-18-14-31(15-19-35)37(44)39(6,7)46;1-7-11-18-37-24-27(33)22-32(17-12-21-43(40-8-2,41-9-3)42-10-4)23-28(34)25-38-19-20-39-29-15-13-26(14-16-29)30(35)31(5,6)36;1-6-11-15-27-20-22(25)18-24(19-23(26)21-28-16-12-7-2)14-13-17-32(29-8-3,30-9-4)31-10-5/h12-19,32-33,41-42,45-46H,8-11,20-29H2,1-7H3;13-16,27-28,33-34,36H,7-12,17-25H2,1-6H3;22-23,25-26H,6-21H2,1-5H3. The number of benzene rings is 3. The van der Waals surface area contributed by atoms with Crippen LogP contribution in [0.2, 0.25) is 18.1 Å². The largest absolute Gasteiger partial charge is 0.500 e. The van der Waals surface area contributed by atoms with E-state index in [0.717, 1.165) is 51.4 Å². The van der Waals surface area contributed by atoms with E-state index in [-0.39, 0.29) is 96.5 Å². The Kier molecular flexibility index (Phi) is 68.5. The van der Waals surface area contributed by atoms with Crippen LogP contribution in [-0.2, 0) is 68.3 Å². The van der Waals surface area contributed by atoms with Gasteiger partial charge in [-0.1, -0.05) is 40.0 Å². The van der Waals surface area contributed by atoms with Crippen molar-refractivity contribution in [2.24, 2.45) is 0 Å². The number of nitrogens with zero attached hydrogens (tertiary/aromatic N) is 3. The summed E-state index contributed by atoms with van der Waals surface area (Å²) in [6.07, 6.45) is 3.88. The molecule has 0 saturated carbocycles. The van der Waals surface area contributed by atoms with Gasteiger partial charge in [0.05, 0.1) is 96.1 Å². The fourth-order valence-electron chi connectivity index (χ4n) is 13.3. The summed E-state index contributed by atoms with van der Waals surface area (Å²) in [5, 5.41) is 93.7. The first kappa shape index (κ1) is 123. The van der Waals surface area contributed by atoms with Gasteiger partial charge >= 0.3 is 26.4 Å². The van der Waals surface area contributed by atoms with E-state index in [1.54, 1.807) is 72.8 Å². The third-order valence-electron chi connectivity index (χ3n) is 19.3. The van der Waals surface area contributed by atoms with Crippen molar-refractivity contribution in [3.05, 3.63) is 89.5 Å². The molecule has 0 aliphatic carbocycles. The maximum atomic E-state index is 12.2. The number of carbonyl (C=O) groups excluding carboxylic acids is 3. The lowest BCUT2D eigenvalue weighted by molar-refractivity contribution is -0.0166. The number of hydrogen-bond donors (Lipinski definition) is 9. The molecular weight excluding hydrogens is 1720 g/mol. The van der Waals surface area contributed by atoms with Crippen LogP contribution >= 0.6 is 0 Å². The SMILES string of the molecule is CCCCOCC(O)CN(CCC[Si](OCC)(OCC)OCC)CC(O)COCCCC.CCCCOCC(O)CN(CCC[Si](OCC)(OCC)OCC)CC(O)COCCOc1ccc(C(=O)C(C)(C)O)cc1.CCO[Si](CCCN(CC(O)COCCOc1ccc(C(=O)C(C)(C)O)cc1)CC(O)COCCOc1ccc(C(=O)C(C)(C)O)cc1)(OCC)OCC. The van der Waals surface area contributed by atoms with Crippen LogP contribution in [0.1, 0.15) is 213 Å². The van der Waals surface area contributed by atoms with Crippen molar-refractivity contribution in [2.45, 2.75) is 254 Å². The molecule has 0 saturated heterocycles. The number of unbranched alkanes of at least 4 members (excludes halogenated alkanes) is 3. The average molecular weight is 1900 g/mol. The van der Waals surface area contributed by atoms with Gasteiger partial charge in [0.1, 0.15) is 53.9 Å². The van der Waals surface area contributed by atoms with Crippen LogP contribution in [0.4, 0.5) is 0 Å². The van der Waals surface area contributed by atoms with Gasteiger partial charge in [-0.25, -0.2) is 0 Å². The van der Waals surface area contributed by atoms with Crippen molar-refractivity contribution in [1.29, 1.82) is 0 Å². The molecule has 36 heteroatoms. The van der Waals surface area contributed by atoms with Gasteiger partial charge in [0.15, 0.2) is 17.3 Å². The van der Waals surface area contributed by atoms with Crippen molar-refractivity contribution in [3.8, 4) is 17.2 Å². The van der Waals surface area contributed by atoms with Gasteiger partial charge in [-0.05, 0) is 235 Å². The monoisotopic (exact) mass is 1890 g/mol. The zero-order valence-electron chi connectivity index (χ0n) is 81.7. The summed E-state index contributed by atoms with van der Waals surface area (Å²) in [6, 6.07) is 21.5. The summed E-state index contributed by atoms with van der Waals surface area (Å²) in [4.78, 5) is 42.6. The highest BCUT2D eigenvalue weighted by Crippen LogP contribution is 2.25. The quantitative estimate of drug-likeness (QED) is 0.0144. The minimum absolute atomic E-state index is 0.0469. The molecule has 3 aromatic rings. The minimum Gasteiger partial charge on any atom is -0.491 e. The van der Waals surface area contributed by atoms with Crippen molar-refractivity contribution in [3.63, 3.8) is 0 Å². The number of aliphatic hydroxyl groups is 9. The Morgan fingerprint density at radius 1 is 0.279 bits per heavy atom. The second kappa shape index (κ2) is 72.1. The minimum atomic E-state index is -2.88.